The lowest BCUT2D eigenvalue weighted by Gasteiger charge is -2.12. The highest BCUT2D eigenvalue weighted by atomic mass is 19.4. The molecular weight excluding hydrogens is 353 g/mol. The first-order valence-electron chi connectivity index (χ1n) is 7.36. The number of esters is 1. The average molecular weight is 368 g/mol. The van der Waals surface area contributed by atoms with Crippen LogP contribution in [0.3, 0.4) is 0 Å². The van der Waals surface area contributed by atoms with Crippen molar-refractivity contribution in [3.63, 3.8) is 0 Å². The Labute approximate surface area is 147 Å². The molecule has 0 N–H and O–H groups in total. The molecular formula is C18H15F3O5. The van der Waals surface area contributed by atoms with Gasteiger partial charge >= 0.3 is 12.1 Å². The Bertz CT molecular complexity index is 815. The maximum atomic E-state index is 12.9. The molecule has 0 spiro atoms. The van der Waals surface area contributed by atoms with Crippen LogP contribution in [0, 0.1) is 0 Å². The first-order chi connectivity index (χ1) is 12.3. The number of hydrogen-bond acceptors (Lipinski definition) is 5. The van der Waals surface area contributed by atoms with Crippen molar-refractivity contribution < 1.29 is 37.0 Å². The highest BCUT2D eigenvalue weighted by molar-refractivity contribution is 6.01. The van der Waals surface area contributed by atoms with Gasteiger partial charge in [0.2, 0.25) is 5.78 Å². The van der Waals surface area contributed by atoms with Crippen LogP contribution in [0.4, 0.5) is 13.2 Å². The van der Waals surface area contributed by atoms with Crippen molar-refractivity contribution in [1.82, 2.24) is 0 Å². The lowest BCUT2D eigenvalue weighted by atomic mass is 10.1. The number of carbonyl (C=O) groups is 2. The number of Topliss-reactive ketones (excluding diaryl/α,β-unsaturated/α-hetero) is 1. The first kappa shape index (κ1) is 19.3. The van der Waals surface area contributed by atoms with Gasteiger partial charge in [0.15, 0.2) is 6.61 Å². The van der Waals surface area contributed by atoms with Gasteiger partial charge in [-0.1, -0.05) is 12.1 Å². The van der Waals surface area contributed by atoms with Gasteiger partial charge in [0.25, 0.3) is 0 Å². The van der Waals surface area contributed by atoms with Gasteiger partial charge in [-0.25, -0.2) is 4.79 Å². The summed E-state index contributed by atoms with van der Waals surface area (Å²) in [4.78, 5) is 24.2. The number of hydrogen-bond donors (Lipinski definition) is 0. The Morgan fingerprint density at radius 1 is 0.962 bits per heavy atom. The molecule has 0 aliphatic carbocycles. The van der Waals surface area contributed by atoms with Gasteiger partial charge in [0.1, 0.15) is 11.5 Å². The highest BCUT2D eigenvalue weighted by Crippen LogP contribution is 2.32. The molecule has 5 nitrogen and oxygen atoms in total. The van der Waals surface area contributed by atoms with Crippen molar-refractivity contribution in [2.75, 3.05) is 20.8 Å². The lowest BCUT2D eigenvalue weighted by Crippen LogP contribution is -2.18. The number of carbonyl (C=O) groups excluding carboxylic acids is 2. The number of alkyl halides is 3. The van der Waals surface area contributed by atoms with E-state index in [2.05, 4.69) is 0 Å². The number of ether oxygens (including phenoxy) is 3. The molecule has 2 aromatic carbocycles. The molecule has 0 saturated carbocycles. The molecule has 0 aromatic heterocycles. The molecule has 138 valence electrons. The molecule has 0 saturated heterocycles. The van der Waals surface area contributed by atoms with E-state index in [0.717, 1.165) is 18.2 Å². The third-order valence-electron chi connectivity index (χ3n) is 3.50. The van der Waals surface area contributed by atoms with E-state index < -0.39 is 35.7 Å². The minimum atomic E-state index is -4.71. The summed E-state index contributed by atoms with van der Waals surface area (Å²) in [6, 6.07) is 8.59. The lowest BCUT2D eigenvalue weighted by molar-refractivity contribution is -0.138. The fourth-order valence-corrected chi connectivity index (χ4v) is 2.22. The summed E-state index contributed by atoms with van der Waals surface area (Å²) in [5.74, 6) is -1.21. The van der Waals surface area contributed by atoms with Crippen LogP contribution in [0.5, 0.6) is 11.5 Å². The molecule has 0 fully saturated rings. The Morgan fingerprint density at radius 3 is 2.27 bits per heavy atom. The van der Waals surface area contributed by atoms with Crippen LogP contribution in [-0.2, 0) is 10.9 Å². The number of halogens is 3. The summed E-state index contributed by atoms with van der Waals surface area (Å²) < 4.78 is 53.7. The first-order valence-corrected chi connectivity index (χ1v) is 7.36. The maximum absolute atomic E-state index is 12.9. The number of ketones is 1. The van der Waals surface area contributed by atoms with Gasteiger partial charge in [-0.15, -0.1) is 0 Å². The fraction of sp³-hybridized carbons (Fsp3) is 0.222. The van der Waals surface area contributed by atoms with E-state index in [-0.39, 0.29) is 11.3 Å². The smallest absolute Gasteiger partial charge is 0.417 e. The van der Waals surface area contributed by atoms with Crippen molar-refractivity contribution in [1.29, 1.82) is 0 Å². The Hall–Kier alpha value is -3.03. The standard InChI is InChI=1S/C18H15F3O5/c1-24-11-7-8-13(16(9-11)25-2)15(22)10-26-17(23)12-5-3-4-6-14(12)18(19,20)21/h3-9H,10H2,1-2H3. The van der Waals surface area contributed by atoms with Crippen LogP contribution in [0.25, 0.3) is 0 Å². The molecule has 0 bridgehead atoms. The topological polar surface area (TPSA) is 61.8 Å². The summed E-state index contributed by atoms with van der Waals surface area (Å²) >= 11 is 0. The molecule has 2 aromatic rings. The van der Waals surface area contributed by atoms with E-state index >= 15 is 0 Å². The number of rotatable bonds is 6. The second-order valence-electron chi connectivity index (χ2n) is 5.11. The predicted octanol–water partition coefficient (Wildman–Crippen LogP) is 3.76. The zero-order valence-corrected chi connectivity index (χ0v) is 13.9. The summed E-state index contributed by atoms with van der Waals surface area (Å²) in [6.45, 7) is -0.728. The quantitative estimate of drug-likeness (QED) is 0.574. The van der Waals surface area contributed by atoms with Crippen molar-refractivity contribution >= 4 is 11.8 Å². The molecule has 0 unspecified atom stereocenters. The van der Waals surface area contributed by atoms with Crippen LogP contribution in [0.15, 0.2) is 42.5 Å². The summed E-state index contributed by atoms with van der Waals surface area (Å²) in [5, 5.41) is 0. The molecule has 0 radical (unpaired) electrons. The van der Waals surface area contributed by atoms with Crippen molar-refractivity contribution in [3.05, 3.63) is 59.2 Å². The molecule has 0 aliphatic heterocycles. The van der Waals surface area contributed by atoms with E-state index in [1.807, 2.05) is 0 Å². The normalized spacial score (nSPS) is 11.0. The Morgan fingerprint density at radius 2 is 1.65 bits per heavy atom. The number of methoxy groups -OCH3 is 2. The molecule has 0 heterocycles. The summed E-state index contributed by atoms with van der Waals surface area (Å²) in [5.41, 5.74) is -1.67. The largest absolute Gasteiger partial charge is 0.497 e. The van der Waals surface area contributed by atoms with Crippen LogP contribution in [0.2, 0.25) is 0 Å². The van der Waals surface area contributed by atoms with Gasteiger partial charge in [0, 0.05) is 6.07 Å². The van der Waals surface area contributed by atoms with E-state index in [1.54, 1.807) is 0 Å². The van der Waals surface area contributed by atoms with Crippen LogP contribution >= 0.6 is 0 Å². The minimum Gasteiger partial charge on any atom is -0.497 e. The summed E-state index contributed by atoms with van der Waals surface area (Å²) in [6.07, 6.45) is -4.71. The highest BCUT2D eigenvalue weighted by Gasteiger charge is 2.35. The zero-order valence-electron chi connectivity index (χ0n) is 13.9. The monoisotopic (exact) mass is 368 g/mol. The Balaban J connectivity index is 2.15. The van der Waals surface area contributed by atoms with Crippen LogP contribution < -0.4 is 9.47 Å². The van der Waals surface area contributed by atoms with Gasteiger partial charge in [-0.3, -0.25) is 4.79 Å². The zero-order chi connectivity index (χ0) is 19.3. The summed E-state index contributed by atoms with van der Waals surface area (Å²) in [7, 11) is 2.79. The molecule has 0 atom stereocenters. The fourth-order valence-electron chi connectivity index (χ4n) is 2.22. The molecule has 0 amide bonds. The molecule has 8 heteroatoms. The van der Waals surface area contributed by atoms with E-state index in [9.17, 15) is 22.8 Å². The maximum Gasteiger partial charge on any atom is 0.417 e. The SMILES string of the molecule is COc1ccc(C(=O)COC(=O)c2ccccc2C(F)(F)F)c(OC)c1. The molecule has 2 rings (SSSR count). The van der Waals surface area contributed by atoms with Crippen molar-refractivity contribution in [2.45, 2.75) is 6.18 Å². The van der Waals surface area contributed by atoms with E-state index in [0.29, 0.717) is 5.75 Å². The average Bonchev–Trinajstić information content (AvgIpc) is 2.64. The van der Waals surface area contributed by atoms with Crippen molar-refractivity contribution in [3.8, 4) is 11.5 Å². The van der Waals surface area contributed by atoms with Gasteiger partial charge in [-0.2, -0.15) is 13.2 Å². The number of benzene rings is 2. The molecule has 26 heavy (non-hydrogen) atoms. The predicted molar refractivity (Wildman–Crippen MR) is 85.6 cm³/mol. The van der Waals surface area contributed by atoms with Crippen LogP contribution in [-0.4, -0.2) is 32.6 Å². The van der Waals surface area contributed by atoms with Gasteiger partial charge < -0.3 is 14.2 Å². The van der Waals surface area contributed by atoms with E-state index in [1.165, 1.54) is 38.5 Å². The third kappa shape index (κ3) is 4.33. The second-order valence-corrected chi connectivity index (χ2v) is 5.11. The van der Waals surface area contributed by atoms with Crippen molar-refractivity contribution in [2.24, 2.45) is 0 Å². The minimum absolute atomic E-state index is 0.116. The Kier molecular flexibility index (Phi) is 5.86. The van der Waals surface area contributed by atoms with Gasteiger partial charge in [-0.05, 0) is 24.3 Å². The second kappa shape index (κ2) is 7.90. The van der Waals surface area contributed by atoms with Gasteiger partial charge in [0.05, 0.1) is 30.9 Å². The van der Waals surface area contributed by atoms with Crippen LogP contribution in [0.1, 0.15) is 26.3 Å². The molecule has 0 aliphatic rings. The van der Waals surface area contributed by atoms with E-state index in [4.69, 9.17) is 14.2 Å². The third-order valence-corrected chi connectivity index (χ3v) is 3.50.